The predicted octanol–water partition coefficient (Wildman–Crippen LogP) is 3.35. The highest BCUT2D eigenvalue weighted by Crippen LogP contribution is 2.19. The topological polar surface area (TPSA) is 99.9 Å². The van der Waals surface area contributed by atoms with Crippen molar-refractivity contribution >= 4 is 23.1 Å². The lowest BCUT2D eigenvalue weighted by atomic mass is 10.2. The van der Waals surface area contributed by atoms with E-state index in [0.717, 1.165) is 11.4 Å². The zero-order chi connectivity index (χ0) is 18.4. The second-order valence-electron chi connectivity index (χ2n) is 5.27. The monoisotopic (exact) mass is 345 g/mol. The van der Waals surface area contributed by atoms with E-state index in [1.807, 2.05) is 30.3 Å². The molecule has 0 aliphatic heterocycles. The van der Waals surface area contributed by atoms with Crippen molar-refractivity contribution in [2.24, 2.45) is 0 Å². The predicted molar refractivity (Wildman–Crippen MR) is 97.4 cm³/mol. The molecule has 0 saturated heterocycles. The highest BCUT2D eigenvalue weighted by Gasteiger charge is 2.11. The molecule has 1 heterocycles. The molecular weight excluding hydrogens is 330 g/mol. The van der Waals surface area contributed by atoms with Crippen molar-refractivity contribution in [3.8, 4) is 11.8 Å². The van der Waals surface area contributed by atoms with Crippen LogP contribution in [0.1, 0.15) is 16.1 Å². The summed E-state index contributed by atoms with van der Waals surface area (Å²) in [5.41, 5.74) is 1.78. The first-order valence-corrected chi connectivity index (χ1v) is 7.75. The van der Waals surface area contributed by atoms with Crippen LogP contribution in [0.2, 0.25) is 0 Å². The van der Waals surface area contributed by atoms with Gasteiger partial charge in [-0.15, -0.1) is 10.2 Å². The molecule has 1 aromatic heterocycles. The Morgan fingerprint density at radius 1 is 1.04 bits per heavy atom. The second-order valence-corrected chi connectivity index (χ2v) is 5.27. The Labute approximate surface area is 150 Å². The number of nitrogens with one attached hydrogen (secondary N) is 2. The number of aromatic nitrogens is 2. The lowest BCUT2D eigenvalue weighted by Gasteiger charge is -2.08. The standard InChI is InChI=1S/C19H15N5O2/c1-26-15-8-6-14(7-9-15)21-18-11-10-17(23-24-18)19(25)22-16-5-3-2-4-13(16)12-20/h2-11H,1H3,(H,21,24)(H,22,25). The van der Waals surface area contributed by atoms with Gasteiger partial charge in [-0.3, -0.25) is 4.79 Å². The zero-order valence-electron chi connectivity index (χ0n) is 13.9. The number of carbonyl (C=O) groups is 1. The van der Waals surface area contributed by atoms with Crippen LogP contribution in [0.3, 0.4) is 0 Å². The third-order valence-electron chi connectivity index (χ3n) is 3.56. The normalized spacial score (nSPS) is 9.85. The van der Waals surface area contributed by atoms with Crippen LogP contribution in [0.15, 0.2) is 60.7 Å². The number of carbonyl (C=O) groups excluding carboxylic acids is 1. The highest BCUT2D eigenvalue weighted by molar-refractivity contribution is 6.03. The summed E-state index contributed by atoms with van der Waals surface area (Å²) in [5, 5.41) is 22.7. The van der Waals surface area contributed by atoms with Gasteiger partial charge in [0.05, 0.1) is 18.4 Å². The van der Waals surface area contributed by atoms with E-state index in [1.165, 1.54) is 0 Å². The molecule has 0 saturated carbocycles. The molecule has 7 nitrogen and oxygen atoms in total. The summed E-state index contributed by atoms with van der Waals surface area (Å²) < 4.78 is 5.11. The Bertz CT molecular complexity index is 947. The lowest BCUT2D eigenvalue weighted by molar-refractivity contribution is 0.102. The molecule has 26 heavy (non-hydrogen) atoms. The average Bonchev–Trinajstić information content (AvgIpc) is 2.69. The first-order valence-electron chi connectivity index (χ1n) is 7.75. The number of nitriles is 1. The van der Waals surface area contributed by atoms with Crippen molar-refractivity contribution < 1.29 is 9.53 Å². The van der Waals surface area contributed by atoms with Crippen LogP contribution in [-0.2, 0) is 0 Å². The number of amides is 1. The van der Waals surface area contributed by atoms with Crippen molar-refractivity contribution in [3.05, 3.63) is 71.9 Å². The number of hydrogen-bond acceptors (Lipinski definition) is 6. The van der Waals surface area contributed by atoms with Gasteiger partial charge in [0.15, 0.2) is 11.5 Å². The molecule has 2 N–H and O–H groups in total. The third-order valence-corrected chi connectivity index (χ3v) is 3.56. The van der Waals surface area contributed by atoms with Gasteiger partial charge in [0.25, 0.3) is 5.91 Å². The fourth-order valence-corrected chi connectivity index (χ4v) is 2.22. The van der Waals surface area contributed by atoms with E-state index in [9.17, 15) is 4.79 Å². The summed E-state index contributed by atoms with van der Waals surface area (Å²) in [6.07, 6.45) is 0. The Kier molecular flexibility index (Phi) is 5.05. The average molecular weight is 345 g/mol. The van der Waals surface area contributed by atoms with Crippen molar-refractivity contribution in [2.45, 2.75) is 0 Å². The highest BCUT2D eigenvalue weighted by atomic mass is 16.5. The molecule has 0 fully saturated rings. The smallest absolute Gasteiger partial charge is 0.276 e. The molecule has 3 rings (SSSR count). The molecule has 0 spiro atoms. The summed E-state index contributed by atoms with van der Waals surface area (Å²) in [5.74, 6) is 0.826. The lowest BCUT2D eigenvalue weighted by Crippen LogP contribution is -2.15. The van der Waals surface area contributed by atoms with Gasteiger partial charge in [-0.2, -0.15) is 5.26 Å². The molecule has 0 radical (unpaired) electrons. The van der Waals surface area contributed by atoms with Gasteiger partial charge in [-0.25, -0.2) is 0 Å². The molecular formula is C19H15N5O2. The maximum absolute atomic E-state index is 12.3. The van der Waals surface area contributed by atoms with E-state index in [-0.39, 0.29) is 5.69 Å². The van der Waals surface area contributed by atoms with E-state index in [1.54, 1.807) is 43.5 Å². The fourth-order valence-electron chi connectivity index (χ4n) is 2.22. The summed E-state index contributed by atoms with van der Waals surface area (Å²) in [6.45, 7) is 0. The first kappa shape index (κ1) is 16.9. The number of methoxy groups -OCH3 is 1. The van der Waals surface area contributed by atoms with Gasteiger partial charge in [-0.05, 0) is 48.5 Å². The number of rotatable bonds is 5. The summed E-state index contributed by atoms with van der Waals surface area (Å²) in [4.78, 5) is 12.3. The Morgan fingerprint density at radius 2 is 1.81 bits per heavy atom. The van der Waals surface area contributed by atoms with Crippen LogP contribution in [0.5, 0.6) is 5.75 Å². The molecule has 1 amide bonds. The molecule has 0 aliphatic carbocycles. The molecule has 2 aromatic carbocycles. The van der Waals surface area contributed by atoms with Gasteiger partial charge in [-0.1, -0.05) is 12.1 Å². The molecule has 0 atom stereocenters. The van der Waals surface area contributed by atoms with Gasteiger partial charge in [0, 0.05) is 5.69 Å². The number of para-hydroxylation sites is 1. The second kappa shape index (κ2) is 7.77. The van der Waals surface area contributed by atoms with E-state index < -0.39 is 5.91 Å². The van der Waals surface area contributed by atoms with Gasteiger partial charge >= 0.3 is 0 Å². The van der Waals surface area contributed by atoms with Crippen molar-refractivity contribution in [3.63, 3.8) is 0 Å². The minimum atomic E-state index is -0.434. The summed E-state index contributed by atoms with van der Waals surface area (Å²) in [7, 11) is 1.60. The first-order chi connectivity index (χ1) is 12.7. The largest absolute Gasteiger partial charge is 0.497 e. The molecule has 3 aromatic rings. The molecule has 128 valence electrons. The van der Waals surface area contributed by atoms with E-state index in [2.05, 4.69) is 20.8 Å². The van der Waals surface area contributed by atoms with Crippen molar-refractivity contribution in [1.82, 2.24) is 10.2 Å². The number of anilines is 3. The van der Waals surface area contributed by atoms with Crippen LogP contribution in [0.4, 0.5) is 17.2 Å². The minimum absolute atomic E-state index is 0.151. The van der Waals surface area contributed by atoms with Crippen LogP contribution >= 0.6 is 0 Å². The summed E-state index contributed by atoms with van der Waals surface area (Å²) >= 11 is 0. The summed E-state index contributed by atoms with van der Waals surface area (Å²) in [6, 6.07) is 19.3. The van der Waals surface area contributed by atoms with Gasteiger partial charge in [0.2, 0.25) is 0 Å². The number of benzene rings is 2. The Balaban J connectivity index is 1.68. The zero-order valence-corrected chi connectivity index (χ0v) is 13.9. The minimum Gasteiger partial charge on any atom is -0.497 e. The van der Waals surface area contributed by atoms with Crippen molar-refractivity contribution in [1.29, 1.82) is 5.26 Å². The Morgan fingerprint density at radius 3 is 2.46 bits per heavy atom. The van der Waals surface area contributed by atoms with E-state index in [0.29, 0.717) is 17.1 Å². The van der Waals surface area contributed by atoms with Gasteiger partial charge < -0.3 is 15.4 Å². The number of nitrogens with zero attached hydrogens (tertiary/aromatic N) is 3. The maximum atomic E-state index is 12.3. The van der Waals surface area contributed by atoms with E-state index in [4.69, 9.17) is 10.00 Å². The number of hydrogen-bond donors (Lipinski definition) is 2. The Hall–Kier alpha value is -3.92. The van der Waals surface area contributed by atoms with Crippen LogP contribution in [0.25, 0.3) is 0 Å². The van der Waals surface area contributed by atoms with E-state index >= 15 is 0 Å². The van der Waals surface area contributed by atoms with Crippen LogP contribution < -0.4 is 15.4 Å². The third kappa shape index (κ3) is 3.94. The quantitative estimate of drug-likeness (QED) is 0.735. The number of ether oxygens (including phenoxy) is 1. The van der Waals surface area contributed by atoms with Gasteiger partial charge in [0.1, 0.15) is 11.8 Å². The maximum Gasteiger partial charge on any atom is 0.276 e. The van der Waals surface area contributed by atoms with Crippen LogP contribution in [-0.4, -0.2) is 23.2 Å². The molecule has 0 aliphatic rings. The SMILES string of the molecule is COc1ccc(Nc2ccc(C(=O)Nc3ccccc3C#N)nn2)cc1. The molecule has 0 bridgehead atoms. The fraction of sp³-hybridized carbons (Fsp3) is 0.0526. The molecule has 0 unspecified atom stereocenters. The molecule has 7 heteroatoms. The van der Waals surface area contributed by atoms with Crippen LogP contribution in [0, 0.1) is 11.3 Å². The van der Waals surface area contributed by atoms with Crippen molar-refractivity contribution in [2.75, 3.05) is 17.7 Å².